The van der Waals surface area contributed by atoms with Gasteiger partial charge in [0.15, 0.2) is 11.6 Å². The summed E-state index contributed by atoms with van der Waals surface area (Å²) in [6.07, 6.45) is 1.48. The topological polar surface area (TPSA) is 85.8 Å². The first kappa shape index (κ1) is 14.5. The second kappa shape index (κ2) is 6.06. The lowest BCUT2D eigenvalue weighted by Gasteiger charge is -2.08. The van der Waals surface area contributed by atoms with E-state index in [9.17, 15) is 13.6 Å². The first-order valence-corrected chi connectivity index (χ1v) is 6.32. The highest BCUT2D eigenvalue weighted by Crippen LogP contribution is 2.23. The highest BCUT2D eigenvalue weighted by atomic mass is 79.9. The van der Waals surface area contributed by atoms with Gasteiger partial charge in [-0.2, -0.15) is 0 Å². The van der Waals surface area contributed by atoms with Gasteiger partial charge in [-0.3, -0.25) is 4.79 Å². The summed E-state index contributed by atoms with van der Waals surface area (Å²) in [7, 11) is 0. The molecule has 6 nitrogen and oxygen atoms in total. The zero-order valence-corrected chi connectivity index (χ0v) is 11.7. The van der Waals surface area contributed by atoms with Crippen molar-refractivity contribution in [2.75, 3.05) is 5.32 Å². The van der Waals surface area contributed by atoms with Crippen molar-refractivity contribution < 1.29 is 13.6 Å². The number of rotatable bonds is 4. The van der Waals surface area contributed by atoms with Gasteiger partial charge in [-0.1, -0.05) is 21.1 Å². The van der Waals surface area contributed by atoms with Crippen LogP contribution in [0.4, 0.5) is 14.5 Å². The number of benzene rings is 1. The van der Waals surface area contributed by atoms with E-state index in [-0.39, 0.29) is 17.6 Å². The molecule has 0 unspecified atom stereocenters. The first-order chi connectivity index (χ1) is 9.49. The Labute approximate surface area is 121 Å². The van der Waals surface area contributed by atoms with E-state index in [1.165, 1.54) is 10.9 Å². The summed E-state index contributed by atoms with van der Waals surface area (Å²) in [4.78, 5) is 11.7. The zero-order valence-electron chi connectivity index (χ0n) is 10.1. The van der Waals surface area contributed by atoms with Gasteiger partial charge in [0.25, 0.3) is 0 Å². The molecule has 0 fully saturated rings. The van der Waals surface area contributed by atoms with Crippen molar-refractivity contribution in [2.24, 2.45) is 5.73 Å². The molecule has 20 heavy (non-hydrogen) atoms. The maximum Gasteiger partial charge on any atom is 0.246 e. The van der Waals surface area contributed by atoms with Gasteiger partial charge in [-0.25, -0.2) is 13.5 Å². The minimum Gasteiger partial charge on any atom is -0.325 e. The van der Waals surface area contributed by atoms with Crippen LogP contribution in [-0.2, 0) is 17.9 Å². The van der Waals surface area contributed by atoms with Crippen LogP contribution in [0.25, 0.3) is 0 Å². The van der Waals surface area contributed by atoms with Gasteiger partial charge in [-0.15, -0.1) is 5.10 Å². The van der Waals surface area contributed by atoms with Crippen LogP contribution in [0.15, 0.2) is 22.8 Å². The number of carbonyl (C=O) groups excluding carboxylic acids is 1. The number of hydrogen-bond donors (Lipinski definition) is 2. The Bertz CT molecular complexity index is 622. The third-order valence-electron chi connectivity index (χ3n) is 2.37. The summed E-state index contributed by atoms with van der Waals surface area (Å²) >= 11 is 2.95. The number of nitrogens with one attached hydrogen (secondary N) is 1. The Morgan fingerprint density at radius 2 is 2.05 bits per heavy atom. The van der Waals surface area contributed by atoms with Gasteiger partial charge in [0, 0.05) is 11.0 Å². The van der Waals surface area contributed by atoms with E-state index in [1.54, 1.807) is 0 Å². The van der Waals surface area contributed by atoms with Gasteiger partial charge < -0.3 is 11.1 Å². The molecule has 0 saturated heterocycles. The molecule has 106 valence electrons. The molecule has 0 aliphatic rings. The van der Waals surface area contributed by atoms with Gasteiger partial charge >= 0.3 is 0 Å². The summed E-state index contributed by atoms with van der Waals surface area (Å²) < 4.78 is 28.5. The van der Waals surface area contributed by atoms with Crippen molar-refractivity contribution in [1.82, 2.24) is 15.0 Å². The van der Waals surface area contributed by atoms with Crippen molar-refractivity contribution >= 4 is 27.5 Å². The number of hydrogen-bond acceptors (Lipinski definition) is 4. The number of anilines is 1. The Morgan fingerprint density at radius 1 is 1.40 bits per heavy atom. The Kier molecular flexibility index (Phi) is 4.40. The third-order valence-corrected chi connectivity index (χ3v) is 2.83. The average molecular weight is 346 g/mol. The quantitative estimate of drug-likeness (QED) is 0.877. The van der Waals surface area contributed by atoms with Crippen LogP contribution in [0.1, 0.15) is 5.69 Å². The van der Waals surface area contributed by atoms with Crippen LogP contribution in [-0.4, -0.2) is 20.9 Å². The van der Waals surface area contributed by atoms with E-state index in [2.05, 4.69) is 31.6 Å². The molecule has 0 aliphatic heterocycles. The second-order valence-corrected chi connectivity index (χ2v) is 4.82. The summed E-state index contributed by atoms with van der Waals surface area (Å²) in [6.45, 7) is -0.0282. The van der Waals surface area contributed by atoms with Gasteiger partial charge in [0.2, 0.25) is 5.91 Å². The SMILES string of the molecule is NCc1cn(CC(=O)Nc2c(F)cc(Br)cc2F)nn1. The van der Waals surface area contributed by atoms with E-state index in [0.717, 1.165) is 12.1 Å². The number of aromatic nitrogens is 3. The molecule has 0 bridgehead atoms. The normalized spacial score (nSPS) is 10.6. The standard InChI is InChI=1S/C11H10BrF2N5O/c12-6-1-8(13)11(9(14)2-6)16-10(20)5-19-4-7(3-15)17-18-19/h1-2,4H,3,5,15H2,(H,16,20). The lowest BCUT2D eigenvalue weighted by Crippen LogP contribution is -2.20. The second-order valence-electron chi connectivity index (χ2n) is 3.90. The van der Waals surface area contributed by atoms with Crippen molar-refractivity contribution in [1.29, 1.82) is 0 Å². The van der Waals surface area contributed by atoms with E-state index < -0.39 is 23.2 Å². The summed E-state index contributed by atoms with van der Waals surface area (Å²) in [5.41, 5.74) is 5.36. The van der Waals surface area contributed by atoms with Crippen molar-refractivity contribution in [3.63, 3.8) is 0 Å². The maximum absolute atomic E-state index is 13.5. The molecule has 0 aliphatic carbocycles. The van der Waals surface area contributed by atoms with Gasteiger partial charge in [-0.05, 0) is 12.1 Å². The summed E-state index contributed by atoms with van der Waals surface area (Å²) in [6, 6.07) is 2.11. The van der Waals surface area contributed by atoms with Crippen LogP contribution >= 0.6 is 15.9 Å². The molecule has 0 atom stereocenters. The monoisotopic (exact) mass is 345 g/mol. The molecule has 0 radical (unpaired) electrons. The number of nitrogens with two attached hydrogens (primary N) is 1. The lowest BCUT2D eigenvalue weighted by atomic mass is 10.3. The van der Waals surface area contributed by atoms with Crippen molar-refractivity contribution in [3.05, 3.63) is 40.1 Å². The van der Waals surface area contributed by atoms with Crippen LogP contribution in [0.2, 0.25) is 0 Å². The summed E-state index contributed by atoms with van der Waals surface area (Å²) in [5, 5.41) is 9.51. The molecule has 3 N–H and O–H groups in total. The molecule has 1 amide bonds. The number of carbonyl (C=O) groups is 1. The molecule has 1 aromatic heterocycles. The van der Waals surface area contributed by atoms with Crippen LogP contribution in [0.3, 0.4) is 0 Å². The fraction of sp³-hybridized carbons (Fsp3) is 0.182. The minimum absolute atomic E-state index is 0.192. The average Bonchev–Trinajstić information content (AvgIpc) is 2.81. The highest BCUT2D eigenvalue weighted by molar-refractivity contribution is 9.10. The first-order valence-electron chi connectivity index (χ1n) is 5.53. The predicted octanol–water partition coefficient (Wildman–Crippen LogP) is 1.42. The molecule has 2 rings (SSSR count). The van der Waals surface area contributed by atoms with Crippen LogP contribution in [0.5, 0.6) is 0 Å². The predicted molar refractivity (Wildman–Crippen MR) is 70.6 cm³/mol. The molecule has 0 saturated carbocycles. The van der Waals surface area contributed by atoms with Crippen LogP contribution < -0.4 is 11.1 Å². The Balaban J connectivity index is 2.08. The number of halogens is 3. The van der Waals surface area contributed by atoms with E-state index >= 15 is 0 Å². The Hall–Kier alpha value is -1.87. The van der Waals surface area contributed by atoms with E-state index in [4.69, 9.17) is 5.73 Å². The zero-order chi connectivity index (χ0) is 14.7. The summed E-state index contributed by atoms with van der Waals surface area (Å²) in [5.74, 6) is -2.36. The molecular weight excluding hydrogens is 336 g/mol. The highest BCUT2D eigenvalue weighted by Gasteiger charge is 2.14. The fourth-order valence-corrected chi connectivity index (χ4v) is 1.90. The molecule has 1 aromatic carbocycles. The minimum atomic E-state index is -0.869. The molecule has 0 spiro atoms. The third kappa shape index (κ3) is 3.36. The van der Waals surface area contributed by atoms with Crippen LogP contribution in [0, 0.1) is 11.6 Å². The lowest BCUT2D eigenvalue weighted by molar-refractivity contribution is -0.117. The smallest absolute Gasteiger partial charge is 0.246 e. The fourth-order valence-electron chi connectivity index (χ4n) is 1.50. The van der Waals surface area contributed by atoms with E-state index in [1.807, 2.05) is 0 Å². The van der Waals surface area contributed by atoms with Crippen molar-refractivity contribution in [2.45, 2.75) is 13.1 Å². The number of nitrogens with zero attached hydrogens (tertiary/aromatic N) is 3. The molecular formula is C11H10BrF2N5O. The molecule has 1 heterocycles. The molecule has 2 aromatic rings. The Morgan fingerprint density at radius 3 is 2.60 bits per heavy atom. The van der Waals surface area contributed by atoms with Gasteiger partial charge in [0.05, 0.1) is 11.9 Å². The largest absolute Gasteiger partial charge is 0.325 e. The van der Waals surface area contributed by atoms with Crippen molar-refractivity contribution in [3.8, 4) is 0 Å². The molecule has 9 heteroatoms. The number of amides is 1. The maximum atomic E-state index is 13.5. The van der Waals surface area contributed by atoms with Gasteiger partial charge in [0.1, 0.15) is 12.2 Å². The van der Waals surface area contributed by atoms with E-state index in [0.29, 0.717) is 5.69 Å².